The summed E-state index contributed by atoms with van der Waals surface area (Å²) in [6, 6.07) is 17.3. The third-order valence-corrected chi connectivity index (χ3v) is 8.80. The molecule has 1 aliphatic heterocycles. The van der Waals surface area contributed by atoms with Gasteiger partial charge in [0.15, 0.2) is 12.2 Å². The first-order chi connectivity index (χ1) is 24.0. The number of nitrogens with one attached hydrogen (secondary N) is 2. The number of carbonyl (C=O) groups excluding carboxylic acids is 2. The molecule has 0 aromatic heterocycles. The summed E-state index contributed by atoms with van der Waals surface area (Å²) in [4.78, 5) is 31.5. The number of aryl methyl sites for hydroxylation is 2. The highest BCUT2D eigenvalue weighted by Gasteiger charge is 2.22. The van der Waals surface area contributed by atoms with Crippen LogP contribution < -0.4 is 10.6 Å². The average molecular weight is 694 g/mol. The quantitative estimate of drug-likeness (QED) is 0.129. The molecule has 0 aliphatic carbocycles. The maximum atomic E-state index is 12.3. The van der Waals surface area contributed by atoms with Gasteiger partial charge in [-0.05, 0) is 81.7 Å². The zero-order valence-electron chi connectivity index (χ0n) is 28.9. The molecular formula is C37H51N5O8. The molecule has 272 valence electrons. The number of phenols is 2. The van der Waals surface area contributed by atoms with Gasteiger partial charge < -0.3 is 41.3 Å². The number of aromatic hydroxyl groups is 2. The lowest BCUT2D eigenvalue weighted by atomic mass is 10.1. The lowest BCUT2D eigenvalue weighted by Crippen LogP contribution is -2.36. The Balaban J connectivity index is 1.58. The third kappa shape index (κ3) is 11.2. The minimum absolute atomic E-state index is 0.100. The van der Waals surface area contributed by atoms with Crippen LogP contribution in [0.1, 0.15) is 40.7 Å². The van der Waals surface area contributed by atoms with Gasteiger partial charge in [-0.3, -0.25) is 24.3 Å². The minimum Gasteiger partial charge on any atom is -0.505 e. The third-order valence-electron chi connectivity index (χ3n) is 8.80. The van der Waals surface area contributed by atoms with Gasteiger partial charge in [0.2, 0.25) is 0 Å². The Morgan fingerprint density at radius 3 is 1.44 bits per heavy atom. The van der Waals surface area contributed by atoms with Crippen molar-refractivity contribution >= 4 is 23.2 Å². The molecular weight excluding hydrogens is 642 g/mol. The van der Waals surface area contributed by atoms with Crippen LogP contribution in [0.2, 0.25) is 0 Å². The summed E-state index contributed by atoms with van der Waals surface area (Å²) in [5.74, 6) is -1.82. The highest BCUT2D eigenvalue weighted by molar-refractivity contribution is 5.96. The van der Waals surface area contributed by atoms with Crippen molar-refractivity contribution in [3.05, 3.63) is 82.4 Å². The van der Waals surface area contributed by atoms with Crippen molar-refractivity contribution in [2.24, 2.45) is 0 Å². The maximum absolute atomic E-state index is 12.3. The van der Waals surface area contributed by atoms with E-state index in [-0.39, 0.29) is 22.9 Å². The van der Waals surface area contributed by atoms with Crippen LogP contribution in [0, 0.1) is 13.8 Å². The fraction of sp³-hybridized carbons (Fsp3) is 0.459. The van der Waals surface area contributed by atoms with E-state index in [1.54, 1.807) is 12.1 Å². The summed E-state index contributed by atoms with van der Waals surface area (Å²) in [5, 5.41) is 65.3. The van der Waals surface area contributed by atoms with E-state index in [1.807, 2.05) is 44.2 Å². The second-order valence-corrected chi connectivity index (χ2v) is 13.0. The van der Waals surface area contributed by atoms with E-state index in [4.69, 9.17) is 0 Å². The SMILES string of the molecule is Cc1cc(CN2CCCN(Cc3ccccc3)CCCN(Cc3cc(C)cc(NC(=O)C(O)CO)c3O)CC2)c(O)c(NC(=O)C(O)CO)c1. The average Bonchev–Trinajstić information content (AvgIpc) is 3.13. The topological polar surface area (TPSA) is 189 Å². The van der Waals surface area contributed by atoms with Crippen molar-refractivity contribution in [1.82, 2.24) is 14.7 Å². The first-order valence-corrected chi connectivity index (χ1v) is 17.0. The molecule has 13 nitrogen and oxygen atoms in total. The van der Waals surface area contributed by atoms with Crippen LogP contribution in [-0.4, -0.2) is 122 Å². The molecule has 3 aromatic rings. The number of anilines is 2. The predicted octanol–water partition coefficient (Wildman–Crippen LogP) is 1.90. The number of benzene rings is 3. The van der Waals surface area contributed by atoms with Crippen LogP contribution in [0.3, 0.4) is 0 Å². The van der Waals surface area contributed by atoms with Gasteiger partial charge in [0, 0.05) is 43.9 Å². The molecule has 4 rings (SSSR count). The van der Waals surface area contributed by atoms with Gasteiger partial charge in [-0.25, -0.2) is 0 Å². The summed E-state index contributed by atoms with van der Waals surface area (Å²) >= 11 is 0. The standard InChI is InChI=1S/C37H51N5O8/c1-25-16-28(34(47)30(18-25)38-36(49)32(45)23-43)21-41-12-6-10-40(20-27-8-4-3-5-9-27)11-7-13-42(15-14-41)22-29-17-26(2)19-31(35(29)48)39-37(50)33(46)24-44/h3-5,8-9,16-19,32-33,43-48H,6-7,10-15,20-24H2,1-2H3,(H,38,49)(H,39,50). The number of amides is 2. The zero-order chi connectivity index (χ0) is 36.2. The smallest absolute Gasteiger partial charge is 0.255 e. The Hall–Kier alpha value is -4.08. The Kier molecular flexibility index (Phi) is 14.5. The summed E-state index contributed by atoms with van der Waals surface area (Å²) in [6.07, 6.45) is -1.46. The Labute approximate surface area is 293 Å². The molecule has 13 heteroatoms. The van der Waals surface area contributed by atoms with Gasteiger partial charge in [-0.2, -0.15) is 0 Å². The molecule has 8 N–H and O–H groups in total. The van der Waals surface area contributed by atoms with Crippen LogP contribution >= 0.6 is 0 Å². The van der Waals surface area contributed by atoms with Crippen molar-refractivity contribution in [2.45, 2.75) is 58.5 Å². The number of rotatable bonds is 12. The van der Waals surface area contributed by atoms with Crippen LogP contribution in [0.4, 0.5) is 11.4 Å². The van der Waals surface area contributed by atoms with Gasteiger partial charge in [-0.15, -0.1) is 0 Å². The molecule has 2 amide bonds. The molecule has 0 bridgehead atoms. The van der Waals surface area contributed by atoms with E-state index >= 15 is 0 Å². The first kappa shape index (κ1) is 38.7. The maximum Gasteiger partial charge on any atom is 0.255 e. The number of aliphatic hydroxyl groups excluding tert-OH is 4. The molecule has 1 fully saturated rings. The van der Waals surface area contributed by atoms with Crippen LogP contribution in [-0.2, 0) is 29.2 Å². The fourth-order valence-corrected chi connectivity index (χ4v) is 6.19. The van der Waals surface area contributed by atoms with Crippen molar-refractivity contribution in [1.29, 1.82) is 0 Å². The van der Waals surface area contributed by atoms with E-state index < -0.39 is 37.2 Å². The molecule has 2 unspecified atom stereocenters. The normalized spacial score (nSPS) is 16.7. The van der Waals surface area contributed by atoms with Crippen LogP contribution in [0.15, 0.2) is 54.6 Å². The molecule has 2 atom stereocenters. The fourth-order valence-electron chi connectivity index (χ4n) is 6.19. The molecule has 0 radical (unpaired) electrons. The largest absolute Gasteiger partial charge is 0.505 e. The van der Waals surface area contributed by atoms with E-state index in [9.17, 15) is 40.2 Å². The summed E-state index contributed by atoms with van der Waals surface area (Å²) in [5.41, 5.74) is 4.40. The van der Waals surface area contributed by atoms with E-state index in [2.05, 4.69) is 37.5 Å². The first-order valence-electron chi connectivity index (χ1n) is 17.0. The van der Waals surface area contributed by atoms with Crippen LogP contribution in [0.25, 0.3) is 0 Å². The molecule has 0 spiro atoms. The molecule has 1 heterocycles. The van der Waals surface area contributed by atoms with E-state index in [1.165, 1.54) is 5.56 Å². The Morgan fingerprint density at radius 2 is 1.04 bits per heavy atom. The second kappa shape index (κ2) is 18.8. The zero-order valence-corrected chi connectivity index (χ0v) is 28.9. The number of aliphatic hydroxyl groups is 4. The van der Waals surface area contributed by atoms with E-state index in [0.29, 0.717) is 37.3 Å². The van der Waals surface area contributed by atoms with Gasteiger partial charge in [-0.1, -0.05) is 42.5 Å². The summed E-state index contributed by atoms with van der Waals surface area (Å²) in [6.45, 7) is 8.30. The monoisotopic (exact) mass is 693 g/mol. The Bertz CT molecular complexity index is 1480. The van der Waals surface area contributed by atoms with Crippen molar-refractivity contribution < 1.29 is 40.2 Å². The number of nitrogens with zero attached hydrogens (tertiary/aromatic N) is 3. The minimum atomic E-state index is -1.61. The van der Waals surface area contributed by atoms with Crippen LogP contribution in [0.5, 0.6) is 11.5 Å². The van der Waals surface area contributed by atoms with Crippen molar-refractivity contribution in [2.75, 3.05) is 63.1 Å². The highest BCUT2D eigenvalue weighted by Crippen LogP contribution is 2.32. The van der Waals surface area contributed by atoms with Gasteiger partial charge >= 0.3 is 0 Å². The molecule has 0 saturated carbocycles. The lowest BCUT2D eigenvalue weighted by Gasteiger charge is -2.28. The number of hydrogen-bond donors (Lipinski definition) is 8. The lowest BCUT2D eigenvalue weighted by molar-refractivity contribution is -0.126. The van der Waals surface area contributed by atoms with Crippen molar-refractivity contribution in [3.63, 3.8) is 0 Å². The number of carbonyl (C=O) groups is 2. The van der Waals surface area contributed by atoms with Gasteiger partial charge in [0.1, 0.15) is 11.5 Å². The van der Waals surface area contributed by atoms with Crippen molar-refractivity contribution in [3.8, 4) is 11.5 Å². The Morgan fingerprint density at radius 1 is 0.640 bits per heavy atom. The summed E-state index contributed by atoms with van der Waals surface area (Å²) < 4.78 is 0. The summed E-state index contributed by atoms with van der Waals surface area (Å²) in [7, 11) is 0. The molecule has 1 saturated heterocycles. The number of hydrogen-bond acceptors (Lipinski definition) is 11. The number of phenolic OH excluding ortho intramolecular Hbond substituents is 2. The second-order valence-electron chi connectivity index (χ2n) is 13.0. The predicted molar refractivity (Wildman–Crippen MR) is 191 cm³/mol. The highest BCUT2D eigenvalue weighted by atomic mass is 16.3. The molecule has 3 aromatic carbocycles. The van der Waals surface area contributed by atoms with Gasteiger partial charge in [0.05, 0.1) is 24.6 Å². The van der Waals surface area contributed by atoms with Gasteiger partial charge in [0.25, 0.3) is 11.8 Å². The van der Waals surface area contributed by atoms with E-state index in [0.717, 1.165) is 56.7 Å². The molecule has 50 heavy (non-hydrogen) atoms. The molecule has 1 aliphatic rings.